The van der Waals surface area contributed by atoms with Crippen molar-refractivity contribution in [2.75, 3.05) is 19.6 Å². The van der Waals surface area contributed by atoms with Gasteiger partial charge in [-0.2, -0.15) is 4.31 Å². The van der Waals surface area contributed by atoms with Crippen LogP contribution >= 0.6 is 27.3 Å². The Hall–Kier alpha value is -1.29. The van der Waals surface area contributed by atoms with Crippen molar-refractivity contribution in [3.05, 3.63) is 50.9 Å². The highest BCUT2D eigenvalue weighted by Crippen LogP contribution is 2.25. The highest BCUT2D eigenvalue weighted by molar-refractivity contribution is 9.11. The number of halogens is 2. The average molecular weight is 475 g/mol. The van der Waals surface area contributed by atoms with Gasteiger partial charge in [0.25, 0.3) is 0 Å². The van der Waals surface area contributed by atoms with Crippen LogP contribution in [0.5, 0.6) is 0 Å². The van der Waals surface area contributed by atoms with Crippen LogP contribution in [0.2, 0.25) is 0 Å². The van der Waals surface area contributed by atoms with Gasteiger partial charge in [0.1, 0.15) is 5.82 Å². The third-order valence-electron chi connectivity index (χ3n) is 4.58. The molecule has 0 saturated carbocycles. The van der Waals surface area contributed by atoms with E-state index < -0.39 is 15.8 Å². The van der Waals surface area contributed by atoms with Crippen molar-refractivity contribution < 1.29 is 17.6 Å². The molecule has 0 radical (unpaired) electrons. The molecule has 0 unspecified atom stereocenters. The molecule has 1 aliphatic rings. The van der Waals surface area contributed by atoms with Gasteiger partial charge in [-0.3, -0.25) is 4.79 Å². The lowest BCUT2D eigenvalue weighted by molar-refractivity contribution is -0.126. The number of hydrogen-bond donors (Lipinski definition) is 1. The summed E-state index contributed by atoms with van der Waals surface area (Å²) in [6.07, 6.45) is 1.74. The van der Waals surface area contributed by atoms with E-state index in [1.807, 2.05) is 12.1 Å². The van der Waals surface area contributed by atoms with E-state index in [0.29, 0.717) is 19.4 Å². The van der Waals surface area contributed by atoms with Crippen LogP contribution in [0.1, 0.15) is 17.7 Å². The summed E-state index contributed by atoms with van der Waals surface area (Å²) < 4.78 is 40.7. The Balaban J connectivity index is 1.49. The van der Waals surface area contributed by atoms with Crippen LogP contribution in [-0.4, -0.2) is 38.3 Å². The predicted octanol–water partition coefficient (Wildman–Crippen LogP) is 3.41. The number of benzene rings is 1. The second-order valence-electron chi connectivity index (χ2n) is 6.38. The maximum atomic E-state index is 13.0. The van der Waals surface area contributed by atoms with Crippen molar-refractivity contribution in [1.29, 1.82) is 0 Å². The van der Waals surface area contributed by atoms with Crippen LogP contribution in [0, 0.1) is 11.7 Å². The van der Waals surface area contributed by atoms with Crippen LogP contribution in [-0.2, 0) is 21.2 Å². The summed E-state index contributed by atoms with van der Waals surface area (Å²) in [5, 5.41) is 2.94. The molecule has 5 nitrogen and oxygen atoms in total. The van der Waals surface area contributed by atoms with Crippen LogP contribution in [0.4, 0.5) is 4.39 Å². The summed E-state index contributed by atoms with van der Waals surface area (Å²) in [6.45, 7) is 1.14. The maximum Gasteiger partial charge on any atom is 0.243 e. The van der Waals surface area contributed by atoms with E-state index in [0.717, 1.165) is 22.3 Å². The van der Waals surface area contributed by atoms with Crippen LogP contribution < -0.4 is 5.32 Å². The minimum Gasteiger partial charge on any atom is -0.355 e. The van der Waals surface area contributed by atoms with Crippen molar-refractivity contribution >= 4 is 43.2 Å². The summed E-state index contributed by atoms with van der Waals surface area (Å²) in [4.78, 5) is 13.6. The van der Waals surface area contributed by atoms with E-state index in [1.54, 1.807) is 11.3 Å². The first-order chi connectivity index (χ1) is 12.9. The molecule has 1 fully saturated rings. The molecule has 3 rings (SSSR count). The van der Waals surface area contributed by atoms with Gasteiger partial charge >= 0.3 is 0 Å². The van der Waals surface area contributed by atoms with E-state index in [1.165, 1.54) is 21.3 Å². The quantitative estimate of drug-likeness (QED) is 0.697. The SMILES string of the molecule is O=C(NCCc1ccc(Br)s1)C1CCN(S(=O)(=O)c2ccc(F)cc2)CC1. The van der Waals surface area contributed by atoms with Crippen molar-refractivity contribution in [2.45, 2.75) is 24.2 Å². The fourth-order valence-corrected chi connectivity index (χ4v) is 6.01. The molecule has 1 amide bonds. The molecule has 2 heterocycles. The topological polar surface area (TPSA) is 66.5 Å². The van der Waals surface area contributed by atoms with Crippen molar-refractivity contribution in [2.24, 2.45) is 5.92 Å². The molecule has 1 N–H and O–H groups in total. The lowest BCUT2D eigenvalue weighted by Gasteiger charge is -2.30. The smallest absolute Gasteiger partial charge is 0.243 e. The molecule has 0 aliphatic carbocycles. The third-order valence-corrected chi connectivity index (χ3v) is 8.17. The number of carbonyl (C=O) groups is 1. The van der Waals surface area contributed by atoms with Crippen molar-refractivity contribution in [1.82, 2.24) is 9.62 Å². The molecule has 2 aromatic rings. The average Bonchev–Trinajstić information content (AvgIpc) is 3.07. The zero-order valence-electron chi connectivity index (χ0n) is 14.5. The molecule has 1 aliphatic heterocycles. The molecule has 0 spiro atoms. The van der Waals surface area contributed by atoms with Crippen molar-refractivity contribution in [3.8, 4) is 0 Å². The van der Waals surface area contributed by atoms with Crippen molar-refractivity contribution in [3.63, 3.8) is 0 Å². The molecular weight excluding hydrogens is 455 g/mol. The highest BCUT2D eigenvalue weighted by atomic mass is 79.9. The predicted molar refractivity (Wildman–Crippen MR) is 107 cm³/mol. The molecule has 0 atom stereocenters. The van der Waals surface area contributed by atoms with Gasteiger partial charge in [-0.15, -0.1) is 11.3 Å². The number of rotatable bonds is 6. The highest BCUT2D eigenvalue weighted by Gasteiger charge is 2.31. The molecule has 27 heavy (non-hydrogen) atoms. The summed E-state index contributed by atoms with van der Waals surface area (Å²) in [6, 6.07) is 8.83. The van der Waals surface area contributed by atoms with E-state index in [4.69, 9.17) is 0 Å². The fourth-order valence-electron chi connectivity index (χ4n) is 3.05. The number of sulfonamides is 1. The Bertz CT molecular complexity index is 892. The number of nitrogens with zero attached hydrogens (tertiary/aromatic N) is 1. The van der Waals surface area contributed by atoms with E-state index in [-0.39, 0.29) is 29.8 Å². The Morgan fingerprint density at radius 3 is 2.44 bits per heavy atom. The van der Waals surface area contributed by atoms with E-state index in [2.05, 4.69) is 21.2 Å². The molecule has 9 heteroatoms. The molecular formula is C18H20BrFN2O3S2. The number of nitrogens with one attached hydrogen (secondary N) is 1. The number of hydrogen-bond acceptors (Lipinski definition) is 4. The van der Waals surface area contributed by atoms with E-state index >= 15 is 0 Å². The molecule has 0 bridgehead atoms. The Morgan fingerprint density at radius 2 is 1.85 bits per heavy atom. The molecule has 146 valence electrons. The molecule has 1 aromatic heterocycles. The van der Waals surface area contributed by atoms with Gasteiger partial charge in [0.15, 0.2) is 0 Å². The van der Waals surface area contributed by atoms with Gasteiger partial charge < -0.3 is 5.32 Å². The first-order valence-electron chi connectivity index (χ1n) is 8.64. The second-order valence-corrected chi connectivity index (χ2v) is 10.9. The second kappa shape index (κ2) is 8.81. The van der Waals surface area contributed by atoms with Gasteiger partial charge in [0.2, 0.25) is 15.9 Å². The first kappa shape index (κ1) is 20.4. The number of thiophene rings is 1. The summed E-state index contributed by atoms with van der Waals surface area (Å²) in [5.74, 6) is -0.677. The summed E-state index contributed by atoms with van der Waals surface area (Å²) in [5.41, 5.74) is 0. The summed E-state index contributed by atoms with van der Waals surface area (Å²) >= 11 is 5.06. The van der Waals surface area contributed by atoms with Gasteiger partial charge in [0.05, 0.1) is 8.68 Å². The lowest BCUT2D eigenvalue weighted by Crippen LogP contribution is -2.43. The Kier molecular flexibility index (Phi) is 6.67. The lowest BCUT2D eigenvalue weighted by atomic mass is 9.97. The van der Waals surface area contributed by atoms with Crippen LogP contribution in [0.3, 0.4) is 0 Å². The first-order valence-corrected chi connectivity index (χ1v) is 11.7. The molecule has 1 saturated heterocycles. The third kappa shape index (κ3) is 5.16. The number of piperidine rings is 1. The zero-order chi connectivity index (χ0) is 19.4. The largest absolute Gasteiger partial charge is 0.355 e. The van der Waals surface area contributed by atoms with Gasteiger partial charge in [-0.1, -0.05) is 0 Å². The van der Waals surface area contributed by atoms with Gasteiger partial charge in [-0.05, 0) is 71.6 Å². The standard InChI is InChI=1S/C18H20BrFN2O3S2/c19-17-6-3-15(26-17)7-10-21-18(23)13-8-11-22(12-9-13)27(24,25)16-4-1-14(20)2-5-16/h1-6,13H,7-12H2,(H,21,23). The van der Waals surface area contributed by atoms with Crippen LogP contribution in [0.15, 0.2) is 45.1 Å². The number of amides is 1. The van der Waals surface area contributed by atoms with Gasteiger partial charge in [-0.25, -0.2) is 12.8 Å². The van der Waals surface area contributed by atoms with Gasteiger partial charge in [0, 0.05) is 30.4 Å². The minimum absolute atomic E-state index is 0.0237. The fraction of sp³-hybridized carbons (Fsp3) is 0.389. The van der Waals surface area contributed by atoms with E-state index in [9.17, 15) is 17.6 Å². The Morgan fingerprint density at radius 1 is 1.19 bits per heavy atom. The maximum absolute atomic E-state index is 13.0. The Labute approximate surface area is 170 Å². The normalized spacial score (nSPS) is 16.4. The number of carbonyl (C=O) groups excluding carboxylic acids is 1. The summed E-state index contributed by atoms with van der Waals surface area (Å²) in [7, 11) is -3.65. The minimum atomic E-state index is -3.65. The zero-order valence-corrected chi connectivity index (χ0v) is 17.7. The molecule has 1 aromatic carbocycles. The van der Waals surface area contributed by atoms with Crippen LogP contribution in [0.25, 0.3) is 0 Å². The monoisotopic (exact) mass is 474 g/mol.